The van der Waals surface area contributed by atoms with Gasteiger partial charge in [0.05, 0.1) is 0 Å². The molecule has 3 rings (SSSR count). The van der Waals surface area contributed by atoms with Crippen LogP contribution in [0.1, 0.15) is 26.3 Å². The topological polar surface area (TPSA) is 26.0 Å². The quantitative estimate of drug-likeness (QED) is 0.570. The molecular formula is C15H15NO. The number of fused-ring (bicyclic) bond motifs is 3. The molecule has 0 fully saturated rings. The lowest BCUT2D eigenvalue weighted by Gasteiger charge is -2.19. The van der Waals surface area contributed by atoms with Crippen molar-refractivity contribution in [1.82, 2.24) is 4.98 Å². The summed E-state index contributed by atoms with van der Waals surface area (Å²) in [5, 5.41) is 2.34. The molecule has 1 aromatic heterocycles. The molecule has 0 spiro atoms. The molecule has 0 saturated heterocycles. The second-order valence-electron chi connectivity index (χ2n) is 5.45. The Hall–Kier alpha value is -1.83. The zero-order valence-electron chi connectivity index (χ0n) is 10.3. The summed E-state index contributed by atoms with van der Waals surface area (Å²) >= 11 is 0. The Kier molecular flexibility index (Phi) is 2.02. The molecule has 2 nitrogen and oxygen atoms in total. The van der Waals surface area contributed by atoms with E-state index in [2.05, 4.69) is 50.0 Å². The first-order chi connectivity index (χ1) is 8.05. The first-order valence-corrected chi connectivity index (χ1v) is 5.82. The van der Waals surface area contributed by atoms with Gasteiger partial charge < -0.3 is 4.42 Å². The van der Waals surface area contributed by atoms with Crippen molar-refractivity contribution in [1.29, 1.82) is 0 Å². The average molecular weight is 225 g/mol. The average Bonchev–Trinajstić information content (AvgIpc) is 2.75. The molecule has 0 aliphatic heterocycles. The Morgan fingerprint density at radius 1 is 1.06 bits per heavy atom. The van der Waals surface area contributed by atoms with Gasteiger partial charge in [-0.25, -0.2) is 4.98 Å². The number of nitrogens with zero attached hydrogens (tertiary/aromatic N) is 1. The van der Waals surface area contributed by atoms with E-state index in [9.17, 15) is 0 Å². The fourth-order valence-electron chi connectivity index (χ4n) is 2.12. The molecule has 0 saturated carbocycles. The van der Waals surface area contributed by atoms with Crippen LogP contribution in [0.3, 0.4) is 0 Å². The first-order valence-electron chi connectivity index (χ1n) is 5.82. The minimum absolute atomic E-state index is 0.171. The van der Waals surface area contributed by atoms with Crippen LogP contribution >= 0.6 is 0 Å². The minimum Gasteiger partial charge on any atom is -0.443 e. The Labute approximate surface area is 100 Å². The zero-order valence-corrected chi connectivity index (χ0v) is 10.3. The molecule has 0 aliphatic rings. The molecule has 17 heavy (non-hydrogen) atoms. The molecule has 0 radical (unpaired) electrons. The maximum absolute atomic E-state index is 5.45. The van der Waals surface area contributed by atoms with E-state index in [1.165, 1.54) is 17.3 Å². The third-order valence-corrected chi connectivity index (χ3v) is 3.18. The highest BCUT2D eigenvalue weighted by Gasteiger charge is 2.14. The van der Waals surface area contributed by atoms with Gasteiger partial charge in [-0.3, -0.25) is 0 Å². The van der Waals surface area contributed by atoms with E-state index in [4.69, 9.17) is 4.42 Å². The fourth-order valence-corrected chi connectivity index (χ4v) is 2.12. The van der Waals surface area contributed by atoms with Gasteiger partial charge in [0.25, 0.3) is 0 Å². The van der Waals surface area contributed by atoms with Crippen LogP contribution in [0.4, 0.5) is 0 Å². The van der Waals surface area contributed by atoms with Gasteiger partial charge >= 0.3 is 0 Å². The van der Waals surface area contributed by atoms with Crippen LogP contribution in [-0.4, -0.2) is 4.98 Å². The second kappa shape index (κ2) is 3.33. The van der Waals surface area contributed by atoms with Crippen molar-refractivity contribution >= 4 is 21.9 Å². The van der Waals surface area contributed by atoms with Crippen LogP contribution in [0.2, 0.25) is 0 Å². The molecular weight excluding hydrogens is 210 g/mol. The van der Waals surface area contributed by atoms with Crippen molar-refractivity contribution in [3.05, 3.63) is 42.3 Å². The molecule has 0 N–H and O–H groups in total. The summed E-state index contributed by atoms with van der Waals surface area (Å²) in [4.78, 5) is 4.17. The second-order valence-corrected chi connectivity index (χ2v) is 5.45. The highest BCUT2D eigenvalue weighted by atomic mass is 16.3. The van der Waals surface area contributed by atoms with Gasteiger partial charge in [0.1, 0.15) is 5.52 Å². The SMILES string of the molecule is CC(C)(C)c1ccc2c(ccc3ncoc32)c1. The predicted molar refractivity (Wildman–Crippen MR) is 70.2 cm³/mol. The van der Waals surface area contributed by atoms with Gasteiger partial charge in [0.15, 0.2) is 12.0 Å². The van der Waals surface area contributed by atoms with E-state index in [0.29, 0.717) is 0 Å². The largest absolute Gasteiger partial charge is 0.443 e. The van der Waals surface area contributed by atoms with Crippen LogP contribution in [-0.2, 0) is 5.41 Å². The summed E-state index contributed by atoms with van der Waals surface area (Å²) in [6.45, 7) is 6.67. The summed E-state index contributed by atoms with van der Waals surface area (Å²) in [6, 6.07) is 10.6. The molecule has 1 heterocycles. The standard InChI is InChI=1S/C15H15NO/c1-15(2,3)11-5-6-12-10(8-11)4-7-13-14(12)17-9-16-13/h4-9H,1-3H3. The zero-order chi connectivity index (χ0) is 12.0. The maximum atomic E-state index is 5.45. The molecule has 0 amide bonds. The number of hydrogen-bond acceptors (Lipinski definition) is 2. The van der Waals surface area contributed by atoms with Gasteiger partial charge in [-0.1, -0.05) is 45.0 Å². The summed E-state index contributed by atoms with van der Waals surface area (Å²) in [5.41, 5.74) is 3.30. The fraction of sp³-hybridized carbons (Fsp3) is 0.267. The molecule has 0 unspecified atom stereocenters. The summed E-state index contributed by atoms with van der Waals surface area (Å²) < 4.78 is 5.45. The van der Waals surface area contributed by atoms with Gasteiger partial charge in [-0.15, -0.1) is 0 Å². The summed E-state index contributed by atoms with van der Waals surface area (Å²) in [5.74, 6) is 0. The van der Waals surface area contributed by atoms with Crippen molar-refractivity contribution in [2.45, 2.75) is 26.2 Å². The van der Waals surface area contributed by atoms with Crippen LogP contribution in [0.5, 0.6) is 0 Å². The van der Waals surface area contributed by atoms with Crippen molar-refractivity contribution in [3.63, 3.8) is 0 Å². The Bertz CT molecular complexity index is 689. The third kappa shape index (κ3) is 1.60. The lowest BCUT2D eigenvalue weighted by atomic mass is 9.86. The van der Waals surface area contributed by atoms with Gasteiger partial charge in [-0.2, -0.15) is 0 Å². The Balaban J connectivity index is 2.34. The van der Waals surface area contributed by atoms with E-state index in [-0.39, 0.29) is 5.41 Å². The molecule has 0 aliphatic carbocycles. The van der Waals surface area contributed by atoms with Crippen LogP contribution in [0, 0.1) is 0 Å². The lowest BCUT2D eigenvalue weighted by Crippen LogP contribution is -2.10. The van der Waals surface area contributed by atoms with E-state index >= 15 is 0 Å². The highest BCUT2D eigenvalue weighted by Crippen LogP contribution is 2.29. The van der Waals surface area contributed by atoms with E-state index in [0.717, 1.165) is 16.5 Å². The van der Waals surface area contributed by atoms with E-state index in [1.54, 1.807) is 0 Å². The monoisotopic (exact) mass is 225 g/mol. The van der Waals surface area contributed by atoms with Gasteiger partial charge in [-0.05, 0) is 22.4 Å². The Morgan fingerprint density at radius 2 is 1.88 bits per heavy atom. The van der Waals surface area contributed by atoms with Crippen LogP contribution in [0.15, 0.2) is 41.1 Å². The number of benzene rings is 2. The van der Waals surface area contributed by atoms with Crippen molar-refractivity contribution in [3.8, 4) is 0 Å². The van der Waals surface area contributed by atoms with Crippen LogP contribution < -0.4 is 0 Å². The number of aromatic nitrogens is 1. The predicted octanol–water partition coefficient (Wildman–Crippen LogP) is 4.28. The molecule has 2 aromatic carbocycles. The smallest absolute Gasteiger partial charge is 0.182 e. The molecule has 86 valence electrons. The molecule has 2 heteroatoms. The van der Waals surface area contributed by atoms with Crippen LogP contribution in [0.25, 0.3) is 21.9 Å². The maximum Gasteiger partial charge on any atom is 0.182 e. The van der Waals surface area contributed by atoms with Gasteiger partial charge in [0, 0.05) is 5.39 Å². The van der Waals surface area contributed by atoms with Crippen molar-refractivity contribution in [2.75, 3.05) is 0 Å². The lowest BCUT2D eigenvalue weighted by molar-refractivity contribution is 0.591. The number of rotatable bonds is 0. The summed E-state index contributed by atoms with van der Waals surface area (Å²) in [7, 11) is 0. The van der Waals surface area contributed by atoms with Crippen molar-refractivity contribution in [2.24, 2.45) is 0 Å². The Morgan fingerprint density at radius 3 is 2.65 bits per heavy atom. The van der Waals surface area contributed by atoms with Crippen molar-refractivity contribution < 1.29 is 4.42 Å². The van der Waals surface area contributed by atoms with E-state index < -0.39 is 0 Å². The summed E-state index contributed by atoms with van der Waals surface area (Å²) in [6.07, 6.45) is 1.50. The highest BCUT2D eigenvalue weighted by molar-refractivity contribution is 6.02. The molecule has 3 aromatic rings. The number of hydrogen-bond donors (Lipinski definition) is 0. The third-order valence-electron chi connectivity index (χ3n) is 3.18. The molecule has 0 bridgehead atoms. The number of oxazole rings is 1. The van der Waals surface area contributed by atoms with Gasteiger partial charge in [0.2, 0.25) is 0 Å². The minimum atomic E-state index is 0.171. The normalized spacial score (nSPS) is 12.4. The first kappa shape index (κ1) is 10.3. The van der Waals surface area contributed by atoms with E-state index in [1.807, 2.05) is 6.07 Å². The molecule has 0 atom stereocenters.